The van der Waals surface area contributed by atoms with Crippen molar-refractivity contribution in [1.29, 1.82) is 0 Å². The number of fused-ring (bicyclic) bond motifs is 6. The molecule has 0 aliphatic heterocycles. The summed E-state index contributed by atoms with van der Waals surface area (Å²) in [6.45, 7) is 9.22. The summed E-state index contributed by atoms with van der Waals surface area (Å²) in [5.74, 6) is 0. The molecule has 4 heteroatoms. The molecule has 0 spiro atoms. The maximum atomic E-state index is 2.52. The molecule has 0 aliphatic carbocycles. The largest absolute Gasteiger partial charge is 0.308 e. The average Bonchev–Trinajstić information content (AvgIpc) is 4.21. The van der Waals surface area contributed by atoms with Gasteiger partial charge in [0.15, 0.2) is 0 Å². The Hall–Kier alpha value is -9.32. The van der Waals surface area contributed by atoms with Gasteiger partial charge in [0.05, 0.1) is 32.1 Å². The highest BCUT2D eigenvalue weighted by atomic mass is 32.1. The zero-order chi connectivity index (χ0) is 53.8. The number of aryl methyl sites for hydroxylation is 4. The first-order chi connectivity index (χ1) is 39.4. The van der Waals surface area contributed by atoms with E-state index in [9.17, 15) is 0 Å². The lowest BCUT2D eigenvalue weighted by Crippen LogP contribution is -2.13. The standard InChI is InChI=1S/C76H56N2S2/c1-49-45-57(77(67-41-19-17-33-59(67)53-25-9-5-10-26-53)69-43-23-39-65-63-37-21-35-61(73(63)79-75(65)69)55-29-13-7-14-30-55)46-50(2)71(49)72-51(3)47-58(48-52(72)4)78(68-42-20-18-34-60(68)54-27-11-6-12-28-54)70-44-24-40-66-64-38-22-36-62(74(64)80-76(66)70)56-31-15-8-16-32-56/h5-48H,1-4H3. The molecule has 0 aliphatic rings. The zero-order valence-corrected chi connectivity index (χ0v) is 46.7. The van der Waals surface area contributed by atoms with Crippen LogP contribution in [-0.2, 0) is 0 Å². The molecule has 0 radical (unpaired) electrons. The minimum absolute atomic E-state index is 1.13. The van der Waals surface area contributed by atoms with Gasteiger partial charge in [-0.3, -0.25) is 0 Å². The van der Waals surface area contributed by atoms with Crippen LogP contribution in [0.15, 0.2) is 267 Å². The number of hydrogen-bond donors (Lipinski definition) is 0. The second kappa shape index (κ2) is 20.5. The van der Waals surface area contributed by atoms with Crippen molar-refractivity contribution in [1.82, 2.24) is 0 Å². The number of hydrogen-bond acceptors (Lipinski definition) is 4. The van der Waals surface area contributed by atoms with E-state index in [0.29, 0.717) is 0 Å². The van der Waals surface area contributed by atoms with E-state index in [4.69, 9.17) is 0 Å². The molecule has 2 heterocycles. The second-order valence-corrected chi connectivity index (χ2v) is 23.0. The fourth-order valence-electron chi connectivity index (χ4n) is 12.5. The molecule has 12 aromatic carbocycles. The highest BCUT2D eigenvalue weighted by molar-refractivity contribution is 7.27. The van der Waals surface area contributed by atoms with E-state index >= 15 is 0 Å². The van der Waals surface area contributed by atoms with Crippen molar-refractivity contribution >= 4 is 97.1 Å². The van der Waals surface area contributed by atoms with Gasteiger partial charge in [-0.1, -0.05) is 218 Å². The van der Waals surface area contributed by atoms with E-state index in [1.54, 1.807) is 0 Å². The Morgan fingerprint density at radius 1 is 0.237 bits per heavy atom. The predicted octanol–water partition coefficient (Wildman–Crippen LogP) is 22.9. The van der Waals surface area contributed by atoms with Crippen molar-refractivity contribution in [2.45, 2.75) is 27.7 Å². The van der Waals surface area contributed by atoms with E-state index in [1.807, 2.05) is 22.7 Å². The van der Waals surface area contributed by atoms with Crippen LogP contribution in [0.2, 0.25) is 0 Å². The molecule has 0 bridgehead atoms. The van der Waals surface area contributed by atoms with Crippen LogP contribution in [-0.4, -0.2) is 0 Å². The first-order valence-electron chi connectivity index (χ1n) is 27.5. The molecular formula is C76H56N2S2. The number of benzene rings is 12. The van der Waals surface area contributed by atoms with E-state index in [2.05, 4.69) is 304 Å². The number of nitrogens with zero attached hydrogens (tertiary/aromatic N) is 2. The lowest BCUT2D eigenvalue weighted by atomic mass is 9.88. The maximum Gasteiger partial charge on any atom is 0.0640 e. The van der Waals surface area contributed by atoms with Crippen LogP contribution < -0.4 is 9.80 Å². The van der Waals surface area contributed by atoms with Crippen LogP contribution in [0.5, 0.6) is 0 Å². The second-order valence-electron chi connectivity index (χ2n) is 21.0. The highest BCUT2D eigenvalue weighted by Crippen LogP contribution is 2.52. The molecule has 0 saturated heterocycles. The third-order valence-corrected chi connectivity index (χ3v) is 18.5. The molecule has 14 aromatic rings. The molecule has 382 valence electrons. The van der Waals surface area contributed by atoms with Crippen LogP contribution in [0.3, 0.4) is 0 Å². The number of anilines is 6. The summed E-state index contributed by atoms with van der Waals surface area (Å²) >= 11 is 3.79. The minimum Gasteiger partial charge on any atom is -0.308 e. The topological polar surface area (TPSA) is 6.48 Å². The summed E-state index contributed by atoms with van der Waals surface area (Å²) in [4.78, 5) is 5.04. The van der Waals surface area contributed by atoms with E-state index in [1.165, 1.54) is 118 Å². The summed E-state index contributed by atoms with van der Waals surface area (Å²) < 4.78 is 5.12. The Kier molecular flexibility index (Phi) is 12.5. The molecule has 0 amide bonds. The summed E-state index contributed by atoms with van der Waals surface area (Å²) in [5, 5.41) is 5.09. The molecule has 0 N–H and O–H groups in total. The molecular weight excluding hydrogens is 1000 g/mol. The summed E-state index contributed by atoms with van der Waals surface area (Å²) in [6, 6.07) is 98.0. The molecule has 2 aromatic heterocycles. The smallest absolute Gasteiger partial charge is 0.0640 e. The quantitative estimate of drug-likeness (QED) is 0.127. The normalized spacial score (nSPS) is 11.5. The molecule has 0 fully saturated rings. The molecule has 0 saturated carbocycles. The molecule has 2 nitrogen and oxygen atoms in total. The van der Waals surface area contributed by atoms with Gasteiger partial charge >= 0.3 is 0 Å². The van der Waals surface area contributed by atoms with Gasteiger partial charge < -0.3 is 9.80 Å². The Morgan fingerprint density at radius 3 is 0.850 bits per heavy atom. The van der Waals surface area contributed by atoms with Gasteiger partial charge in [0.1, 0.15) is 0 Å². The van der Waals surface area contributed by atoms with Gasteiger partial charge in [-0.05, 0) is 143 Å². The molecule has 0 atom stereocenters. The van der Waals surface area contributed by atoms with Crippen molar-refractivity contribution in [3.05, 3.63) is 289 Å². The summed E-state index contributed by atoms with van der Waals surface area (Å²) in [7, 11) is 0. The van der Waals surface area contributed by atoms with Crippen LogP contribution in [0, 0.1) is 27.7 Å². The lowest BCUT2D eigenvalue weighted by molar-refractivity contribution is 1.24. The first-order valence-corrected chi connectivity index (χ1v) is 29.1. The predicted molar refractivity (Wildman–Crippen MR) is 348 cm³/mol. The van der Waals surface area contributed by atoms with Crippen LogP contribution >= 0.6 is 22.7 Å². The number of rotatable bonds is 11. The van der Waals surface area contributed by atoms with Crippen LogP contribution in [0.25, 0.3) is 96.0 Å². The fraction of sp³-hybridized carbons (Fsp3) is 0.0526. The lowest BCUT2D eigenvalue weighted by Gasteiger charge is -2.31. The third-order valence-electron chi connectivity index (χ3n) is 15.9. The summed E-state index contributed by atoms with van der Waals surface area (Å²) in [6.07, 6.45) is 0. The maximum absolute atomic E-state index is 2.52. The molecule has 0 unspecified atom stereocenters. The van der Waals surface area contributed by atoms with E-state index < -0.39 is 0 Å². The van der Waals surface area contributed by atoms with Gasteiger partial charge in [0.25, 0.3) is 0 Å². The Labute approximate surface area is 476 Å². The van der Waals surface area contributed by atoms with E-state index in [0.717, 1.165) is 34.1 Å². The van der Waals surface area contributed by atoms with Crippen LogP contribution in [0.4, 0.5) is 34.1 Å². The van der Waals surface area contributed by atoms with Crippen molar-refractivity contribution in [3.63, 3.8) is 0 Å². The molecule has 80 heavy (non-hydrogen) atoms. The van der Waals surface area contributed by atoms with Crippen molar-refractivity contribution < 1.29 is 0 Å². The van der Waals surface area contributed by atoms with Crippen molar-refractivity contribution in [2.75, 3.05) is 9.80 Å². The van der Waals surface area contributed by atoms with Gasteiger partial charge in [-0.2, -0.15) is 0 Å². The minimum atomic E-state index is 1.13. The third kappa shape index (κ3) is 8.47. The molecule has 14 rings (SSSR count). The van der Waals surface area contributed by atoms with Crippen molar-refractivity contribution in [3.8, 4) is 55.6 Å². The van der Waals surface area contributed by atoms with Crippen LogP contribution in [0.1, 0.15) is 22.3 Å². The average molecular weight is 1060 g/mol. The van der Waals surface area contributed by atoms with Gasteiger partial charge in [-0.25, -0.2) is 0 Å². The van der Waals surface area contributed by atoms with Gasteiger partial charge in [-0.15, -0.1) is 22.7 Å². The first kappa shape index (κ1) is 49.0. The Morgan fingerprint density at radius 2 is 0.500 bits per heavy atom. The Balaban J connectivity index is 0.941. The summed E-state index contributed by atoms with van der Waals surface area (Å²) in [5.41, 5.74) is 24.0. The van der Waals surface area contributed by atoms with E-state index in [-0.39, 0.29) is 0 Å². The monoisotopic (exact) mass is 1060 g/mol. The highest BCUT2D eigenvalue weighted by Gasteiger charge is 2.27. The van der Waals surface area contributed by atoms with Gasteiger partial charge in [0.2, 0.25) is 0 Å². The fourth-order valence-corrected chi connectivity index (χ4v) is 15.1. The van der Waals surface area contributed by atoms with Gasteiger partial charge in [0, 0.05) is 53.4 Å². The van der Waals surface area contributed by atoms with Crippen molar-refractivity contribution in [2.24, 2.45) is 0 Å². The number of thiophene rings is 2. The number of para-hydroxylation sites is 2. The zero-order valence-electron chi connectivity index (χ0n) is 45.1. The SMILES string of the molecule is Cc1cc(N(c2ccccc2-c2ccccc2)c2cccc3c2sc2c(-c4ccccc4)cccc23)cc(C)c1-c1c(C)cc(N(c2ccccc2-c2ccccc2)c2cccc3c2sc2c(-c4ccccc4)cccc23)cc1C. The Bertz CT molecular complexity index is 4290.